The first-order valence-electron chi connectivity index (χ1n) is 9.28. The van der Waals surface area contributed by atoms with Crippen LogP contribution in [0.3, 0.4) is 0 Å². The van der Waals surface area contributed by atoms with E-state index in [1.807, 2.05) is 6.92 Å². The van der Waals surface area contributed by atoms with Crippen LogP contribution in [0.25, 0.3) is 0 Å². The van der Waals surface area contributed by atoms with Crippen LogP contribution in [0.15, 0.2) is 4.99 Å². The number of hydrogen-bond donors (Lipinski definition) is 4. The maximum absolute atomic E-state index is 12.0. The number of nitrogens with zero attached hydrogens (tertiary/aromatic N) is 1. The summed E-state index contributed by atoms with van der Waals surface area (Å²) in [6.07, 6.45) is 7.86. The van der Waals surface area contributed by atoms with Crippen molar-refractivity contribution in [2.24, 2.45) is 10.9 Å². The Morgan fingerprint density at radius 1 is 0.960 bits per heavy atom. The molecule has 2 fully saturated rings. The van der Waals surface area contributed by atoms with Crippen LogP contribution in [0.2, 0.25) is 0 Å². The Morgan fingerprint density at radius 2 is 1.64 bits per heavy atom. The molecule has 2 rings (SSSR count). The van der Waals surface area contributed by atoms with Crippen molar-refractivity contribution in [2.75, 3.05) is 26.2 Å². The van der Waals surface area contributed by atoms with Gasteiger partial charge in [0.25, 0.3) is 0 Å². The number of guanidine groups is 1. The quantitative estimate of drug-likeness (QED) is 0.187. The summed E-state index contributed by atoms with van der Waals surface area (Å²) in [7, 11) is 0. The summed E-state index contributed by atoms with van der Waals surface area (Å²) in [5, 5.41) is 12.2. The molecule has 7 nitrogen and oxygen atoms in total. The minimum absolute atomic E-state index is 0. The maximum atomic E-state index is 12.0. The lowest BCUT2D eigenvalue weighted by Gasteiger charge is -2.22. The van der Waals surface area contributed by atoms with Gasteiger partial charge in [-0.2, -0.15) is 0 Å². The summed E-state index contributed by atoms with van der Waals surface area (Å²) in [6, 6.07) is 0.314. The summed E-state index contributed by atoms with van der Waals surface area (Å²) < 4.78 is 0. The number of carbonyl (C=O) groups is 2. The topological polar surface area (TPSA) is 94.6 Å². The van der Waals surface area contributed by atoms with Crippen molar-refractivity contribution in [3.8, 4) is 0 Å². The van der Waals surface area contributed by atoms with Gasteiger partial charge in [-0.15, -0.1) is 24.0 Å². The lowest BCUT2D eigenvalue weighted by Crippen LogP contribution is -2.43. The van der Waals surface area contributed by atoms with Crippen molar-refractivity contribution >= 4 is 41.8 Å². The molecule has 8 heteroatoms. The van der Waals surface area contributed by atoms with Gasteiger partial charge in [0.2, 0.25) is 11.8 Å². The van der Waals surface area contributed by atoms with E-state index in [0.29, 0.717) is 25.1 Å². The van der Waals surface area contributed by atoms with Gasteiger partial charge in [-0.05, 0) is 32.6 Å². The van der Waals surface area contributed by atoms with E-state index in [-0.39, 0.29) is 48.3 Å². The third kappa shape index (κ3) is 9.27. The summed E-state index contributed by atoms with van der Waals surface area (Å²) in [6.45, 7) is 3.99. The zero-order chi connectivity index (χ0) is 17.2. The molecule has 0 unspecified atom stereocenters. The van der Waals surface area contributed by atoms with Crippen LogP contribution in [0.5, 0.6) is 0 Å². The molecule has 0 aliphatic heterocycles. The van der Waals surface area contributed by atoms with E-state index in [9.17, 15) is 9.59 Å². The van der Waals surface area contributed by atoms with Crippen molar-refractivity contribution in [1.29, 1.82) is 0 Å². The zero-order valence-corrected chi connectivity index (χ0v) is 17.4. The molecule has 144 valence electrons. The van der Waals surface area contributed by atoms with Gasteiger partial charge in [-0.3, -0.25) is 9.59 Å². The Hall–Kier alpha value is -1.06. The predicted molar refractivity (Wildman–Crippen MR) is 110 cm³/mol. The lowest BCUT2D eigenvalue weighted by atomic mass is 9.95. The molecule has 0 radical (unpaired) electrons. The summed E-state index contributed by atoms with van der Waals surface area (Å²) >= 11 is 0. The Labute approximate surface area is 167 Å². The van der Waals surface area contributed by atoms with Crippen molar-refractivity contribution < 1.29 is 9.59 Å². The molecule has 25 heavy (non-hydrogen) atoms. The molecule has 2 aliphatic carbocycles. The average Bonchev–Trinajstić information content (AvgIpc) is 3.42. The highest BCUT2D eigenvalue weighted by Crippen LogP contribution is 2.28. The Kier molecular flexibility index (Phi) is 10.8. The maximum Gasteiger partial charge on any atom is 0.242 e. The van der Waals surface area contributed by atoms with Gasteiger partial charge < -0.3 is 21.3 Å². The zero-order valence-electron chi connectivity index (χ0n) is 15.1. The number of carbonyl (C=O) groups excluding carboxylic acids is 2. The van der Waals surface area contributed by atoms with Crippen molar-refractivity contribution in [3.63, 3.8) is 0 Å². The molecule has 0 saturated heterocycles. The van der Waals surface area contributed by atoms with Gasteiger partial charge in [-0.25, -0.2) is 4.99 Å². The van der Waals surface area contributed by atoms with Gasteiger partial charge in [0.1, 0.15) is 6.54 Å². The molecular formula is C17H32IN5O2. The van der Waals surface area contributed by atoms with Crippen molar-refractivity contribution in [1.82, 2.24) is 21.3 Å². The highest BCUT2D eigenvalue weighted by Gasteiger charge is 2.28. The van der Waals surface area contributed by atoms with Crippen LogP contribution in [0.4, 0.5) is 0 Å². The fraction of sp³-hybridized carbons (Fsp3) is 0.824. The van der Waals surface area contributed by atoms with Crippen LogP contribution in [0.1, 0.15) is 51.9 Å². The molecule has 2 aliphatic rings. The second kappa shape index (κ2) is 12.3. The predicted octanol–water partition coefficient (Wildman–Crippen LogP) is 1.13. The highest BCUT2D eigenvalue weighted by atomic mass is 127. The Morgan fingerprint density at radius 3 is 2.28 bits per heavy atom. The van der Waals surface area contributed by atoms with Crippen LogP contribution >= 0.6 is 24.0 Å². The number of nitrogens with one attached hydrogen (secondary N) is 4. The molecule has 0 heterocycles. The smallest absolute Gasteiger partial charge is 0.242 e. The third-order valence-electron chi connectivity index (χ3n) is 4.36. The molecule has 0 bridgehead atoms. The lowest BCUT2D eigenvalue weighted by molar-refractivity contribution is -0.122. The Bertz CT molecular complexity index is 448. The second-order valence-electron chi connectivity index (χ2n) is 6.59. The number of rotatable bonds is 8. The van der Waals surface area contributed by atoms with E-state index in [1.165, 1.54) is 19.3 Å². The molecule has 4 N–H and O–H groups in total. The molecule has 0 aromatic carbocycles. The van der Waals surface area contributed by atoms with Crippen LogP contribution in [-0.4, -0.2) is 50.0 Å². The molecular weight excluding hydrogens is 433 g/mol. The van der Waals surface area contributed by atoms with E-state index in [2.05, 4.69) is 26.3 Å². The SMILES string of the molecule is CCNC(=NCC(=O)NC1CCCCC1)NCCNC(=O)C1CC1.I. The van der Waals surface area contributed by atoms with Crippen LogP contribution in [0, 0.1) is 5.92 Å². The van der Waals surface area contributed by atoms with E-state index in [1.54, 1.807) is 0 Å². The molecule has 0 aromatic heterocycles. The van der Waals surface area contributed by atoms with Gasteiger partial charge in [0.15, 0.2) is 5.96 Å². The van der Waals surface area contributed by atoms with Crippen molar-refractivity contribution in [2.45, 2.75) is 57.9 Å². The number of aliphatic imine (C=N–C) groups is 1. The fourth-order valence-electron chi connectivity index (χ4n) is 2.87. The van der Waals surface area contributed by atoms with E-state index < -0.39 is 0 Å². The first-order valence-corrected chi connectivity index (χ1v) is 9.28. The number of halogens is 1. The summed E-state index contributed by atoms with van der Waals surface area (Å²) in [5.74, 6) is 0.957. The minimum atomic E-state index is -0.0267. The third-order valence-corrected chi connectivity index (χ3v) is 4.36. The van der Waals surface area contributed by atoms with Gasteiger partial charge in [-0.1, -0.05) is 19.3 Å². The monoisotopic (exact) mass is 465 g/mol. The standard InChI is InChI=1S/C17H31N5O2.HI/c1-2-18-17(20-11-10-19-16(24)13-8-9-13)21-12-15(23)22-14-6-4-3-5-7-14;/h13-14H,2-12H2,1H3,(H,19,24)(H,22,23)(H2,18,20,21);1H. The minimum Gasteiger partial charge on any atom is -0.357 e. The van der Waals surface area contributed by atoms with Crippen LogP contribution in [-0.2, 0) is 9.59 Å². The molecule has 0 spiro atoms. The van der Waals surface area contributed by atoms with E-state index in [4.69, 9.17) is 0 Å². The van der Waals surface area contributed by atoms with Gasteiger partial charge in [0.05, 0.1) is 0 Å². The van der Waals surface area contributed by atoms with Gasteiger partial charge >= 0.3 is 0 Å². The average molecular weight is 465 g/mol. The number of hydrogen-bond acceptors (Lipinski definition) is 3. The van der Waals surface area contributed by atoms with E-state index >= 15 is 0 Å². The molecule has 0 aromatic rings. The first-order chi connectivity index (χ1) is 11.7. The second-order valence-corrected chi connectivity index (χ2v) is 6.59. The molecule has 0 atom stereocenters. The van der Waals surface area contributed by atoms with Gasteiger partial charge in [0, 0.05) is 31.6 Å². The highest BCUT2D eigenvalue weighted by molar-refractivity contribution is 14.0. The fourth-order valence-corrected chi connectivity index (χ4v) is 2.87. The van der Waals surface area contributed by atoms with Crippen molar-refractivity contribution in [3.05, 3.63) is 0 Å². The largest absolute Gasteiger partial charge is 0.357 e. The normalized spacial score (nSPS) is 18.0. The number of amides is 2. The van der Waals surface area contributed by atoms with Crippen LogP contribution < -0.4 is 21.3 Å². The molecule has 2 saturated carbocycles. The Balaban J connectivity index is 0.00000312. The summed E-state index contributed by atoms with van der Waals surface area (Å²) in [4.78, 5) is 27.8. The summed E-state index contributed by atoms with van der Waals surface area (Å²) in [5.41, 5.74) is 0. The molecule has 2 amide bonds. The van der Waals surface area contributed by atoms with E-state index in [0.717, 1.165) is 32.2 Å². The first kappa shape index (κ1) is 22.0.